The number of hydrogen-bond acceptors (Lipinski definition) is 5. The van der Waals surface area contributed by atoms with E-state index in [0.717, 1.165) is 31.9 Å². The molecule has 158 valence electrons. The van der Waals surface area contributed by atoms with Gasteiger partial charge >= 0.3 is 6.18 Å². The number of halogens is 3. The normalized spacial score (nSPS) is 19.6. The second-order valence-electron chi connectivity index (χ2n) is 7.46. The summed E-state index contributed by atoms with van der Waals surface area (Å²) in [7, 11) is 1.88. The highest BCUT2D eigenvalue weighted by atomic mass is 19.4. The lowest BCUT2D eigenvalue weighted by molar-refractivity contribution is -0.140. The Balaban J connectivity index is 1.43. The Morgan fingerprint density at radius 1 is 1.17 bits per heavy atom. The predicted molar refractivity (Wildman–Crippen MR) is 104 cm³/mol. The molecular formula is C20H21F3N6O. The van der Waals surface area contributed by atoms with Gasteiger partial charge in [0.15, 0.2) is 5.69 Å². The van der Waals surface area contributed by atoms with Crippen molar-refractivity contribution in [2.45, 2.75) is 43.9 Å². The molecule has 10 heteroatoms. The molecule has 0 spiro atoms. The van der Waals surface area contributed by atoms with Crippen LogP contribution in [0.25, 0.3) is 5.65 Å². The van der Waals surface area contributed by atoms with Crippen LogP contribution in [0.15, 0.2) is 42.9 Å². The fourth-order valence-electron chi connectivity index (χ4n) is 3.91. The monoisotopic (exact) mass is 418 g/mol. The number of rotatable bonds is 4. The number of anilines is 1. The summed E-state index contributed by atoms with van der Waals surface area (Å²) < 4.78 is 40.6. The molecule has 1 amide bonds. The van der Waals surface area contributed by atoms with Gasteiger partial charge in [-0.25, -0.2) is 4.98 Å². The van der Waals surface area contributed by atoms with Crippen molar-refractivity contribution in [2.75, 3.05) is 11.9 Å². The van der Waals surface area contributed by atoms with Crippen LogP contribution in [-0.2, 0) is 6.18 Å². The first-order valence-corrected chi connectivity index (χ1v) is 9.68. The zero-order valence-electron chi connectivity index (χ0n) is 16.3. The highest BCUT2D eigenvalue weighted by Gasteiger charge is 2.34. The van der Waals surface area contributed by atoms with E-state index in [-0.39, 0.29) is 23.6 Å². The van der Waals surface area contributed by atoms with E-state index in [0.29, 0.717) is 11.4 Å². The Bertz CT molecular complexity index is 1030. The van der Waals surface area contributed by atoms with Crippen molar-refractivity contribution in [1.82, 2.24) is 24.9 Å². The van der Waals surface area contributed by atoms with Gasteiger partial charge in [-0.1, -0.05) is 6.07 Å². The molecule has 0 unspecified atom stereocenters. The lowest BCUT2D eigenvalue weighted by Crippen LogP contribution is -2.43. The Labute approximate surface area is 170 Å². The summed E-state index contributed by atoms with van der Waals surface area (Å²) in [6.07, 6.45) is 2.65. The maximum Gasteiger partial charge on any atom is 0.434 e. The number of imidazole rings is 1. The van der Waals surface area contributed by atoms with Crippen molar-refractivity contribution in [3.8, 4) is 0 Å². The summed E-state index contributed by atoms with van der Waals surface area (Å²) in [5.41, 5.74) is -0.171. The van der Waals surface area contributed by atoms with Crippen molar-refractivity contribution < 1.29 is 18.0 Å². The molecule has 1 aliphatic rings. The molecule has 3 aromatic heterocycles. The average molecular weight is 418 g/mol. The van der Waals surface area contributed by atoms with E-state index in [1.807, 2.05) is 11.9 Å². The predicted octanol–water partition coefficient (Wildman–Crippen LogP) is 3.32. The third-order valence-electron chi connectivity index (χ3n) is 5.55. The zero-order chi connectivity index (χ0) is 21.3. The van der Waals surface area contributed by atoms with Crippen LogP contribution < -0.4 is 10.2 Å². The summed E-state index contributed by atoms with van der Waals surface area (Å²) in [6.45, 7) is 0. The van der Waals surface area contributed by atoms with Crippen LogP contribution in [0.1, 0.15) is 41.7 Å². The van der Waals surface area contributed by atoms with E-state index in [2.05, 4.69) is 20.5 Å². The molecule has 0 atom stereocenters. The molecule has 30 heavy (non-hydrogen) atoms. The molecule has 3 heterocycles. The van der Waals surface area contributed by atoms with E-state index in [9.17, 15) is 18.0 Å². The van der Waals surface area contributed by atoms with Crippen LogP contribution >= 0.6 is 0 Å². The van der Waals surface area contributed by atoms with Crippen molar-refractivity contribution in [2.24, 2.45) is 0 Å². The third-order valence-corrected chi connectivity index (χ3v) is 5.55. The first kappa shape index (κ1) is 20.1. The van der Waals surface area contributed by atoms with Crippen LogP contribution in [0.3, 0.4) is 0 Å². The van der Waals surface area contributed by atoms with Gasteiger partial charge in [0.1, 0.15) is 11.5 Å². The first-order chi connectivity index (χ1) is 14.3. The van der Waals surface area contributed by atoms with Gasteiger partial charge in [0.25, 0.3) is 5.91 Å². The van der Waals surface area contributed by atoms with Crippen LogP contribution in [0.2, 0.25) is 0 Å². The SMILES string of the molecule is CN(c1cccc2nc(C(F)(F)F)cn12)C1CCC(NC(=O)c2ccnnc2)CC1. The molecule has 1 aliphatic carbocycles. The topological polar surface area (TPSA) is 75.4 Å². The third kappa shape index (κ3) is 4.07. The minimum Gasteiger partial charge on any atom is -0.358 e. The fraction of sp³-hybridized carbons (Fsp3) is 0.400. The van der Waals surface area contributed by atoms with Crippen LogP contribution in [0.5, 0.6) is 0 Å². The highest BCUT2D eigenvalue weighted by Crippen LogP contribution is 2.31. The number of aromatic nitrogens is 4. The lowest BCUT2D eigenvalue weighted by Gasteiger charge is -2.36. The number of carbonyl (C=O) groups excluding carboxylic acids is 1. The minimum atomic E-state index is -4.48. The van der Waals surface area contributed by atoms with Gasteiger partial charge in [-0.15, -0.1) is 0 Å². The molecule has 1 fully saturated rings. The van der Waals surface area contributed by atoms with Crippen LogP contribution in [-0.4, -0.2) is 44.6 Å². The van der Waals surface area contributed by atoms with Gasteiger partial charge < -0.3 is 10.2 Å². The number of nitrogens with zero attached hydrogens (tertiary/aromatic N) is 5. The number of carbonyl (C=O) groups is 1. The molecular weight excluding hydrogens is 397 g/mol. The smallest absolute Gasteiger partial charge is 0.358 e. The summed E-state index contributed by atoms with van der Waals surface area (Å²) >= 11 is 0. The second kappa shape index (κ2) is 7.92. The number of pyridine rings is 1. The Morgan fingerprint density at radius 3 is 2.60 bits per heavy atom. The van der Waals surface area contributed by atoms with Crippen molar-refractivity contribution in [1.29, 1.82) is 0 Å². The number of nitrogens with one attached hydrogen (secondary N) is 1. The highest BCUT2D eigenvalue weighted by molar-refractivity contribution is 5.93. The van der Waals surface area contributed by atoms with E-state index >= 15 is 0 Å². The van der Waals surface area contributed by atoms with Crippen molar-refractivity contribution in [3.63, 3.8) is 0 Å². The molecule has 1 N–H and O–H groups in total. The fourth-order valence-corrected chi connectivity index (χ4v) is 3.91. The minimum absolute atomic E-state index is 0.0520. The Morgan fingerprint density at radius 2 is 1.93 bits per heavy atom. The van der Waals surface area contributed by atoms with E-state index in [4.69, 9.17) is 0 Å². The number of alkyl halides is 3. The molecule has 3 aromatic rings. The molecule has 0 aromatic carbocycles. The lowest BCUT2D eigenvalue weighted by atomic mass is 9.90. The van der Waals surface area contributed by atoms with E-state index in [1.54, 1.807) is 24.3 Å². The molecule has 0 radical (unpaired) electrons. The Hall–Kier alpha value is -3.17. The largest absolute Gasteiger partial charge is 0.434 e. The number of fused-ring (bicyclic) bond motifs is 1. The van der Waals surface area contributed by atoms with Crippen LogP contribution in [0, 0.1) is 0 Å². The molecule has 0 bridgehead atoms. The van der Waals surface area contributed by atoms with Crippen LogP contribution in [0.4, 0.5) is 19.0 Å². The van der Waals surface area contributed by atoms with Gasteiger partial charge in [0.2, 0.25) is 0 Å². The number of amides is 1. The maximum absolute atomic E-state index is 13.1. The van der Waals surface area contributed by atoms with Crippen molar-refractivity contribution >= 4 is 17.4 Å². The number of hydrogen-bond donors (Lipinski definition) is 1. The van der Waals surface area contributed by atoms with Gasteiger partial charge in [-0.2, -0.15) is 23.4 Å². The maximum atomic E-state index is 13.1. The molecule has 7 nitrogen and oxygen atoms in total. The molecule has 4 rings (SSSR count). The van der Waals surface area contributed by atoms with E-state index in [1.165, 1.54) is 16.8 Å². The van der Waals surface area contributed by atoms with Gasteiger partial charge in [-0.3, -0.25) is 9.20 Å². The molecule has 1 saturated carbocycles. The average Bonchev–Trinajstić information content (AvgIpc) is 3.19. The summed E-state index contributed by atoms with van der Waals surface area (Å²) in [6, 6.07) is 6.89. The Kier molecular flexibility index (Phi) is 5.31. The van der Waals surface area contributed by atoms with Gasteiger partial charge in [0.05, 0.1) is 18.0 Å². The van der Waals surface area contributed by atoms with Crippen molar-refractivity contribution in [3.05, 3.63) is 54.1 Å². The van der Waals surface area contributed by atoms with Gasteiger partial charge in [0, 0.05) is 25.3 Å². The van der Waals surface area contributed by atoms with E-state index < -0.39 is 11.9 Å². The van der Waals surface area contributed by atoms with Gasteiger partial charge in [-0.05, 0) is 43.9 Å². The quantitative estimate of drug-likeness (QED) is 0.704. The molecule has 0 aliphatic heterocycles. The second-order valence-corrected chi connectivity index (χ2v) is 7.46. The first-order valence-electron chi connectivity index (χ1n) is 9.68. The zero-order valence-corrected chi connectivity index (χ0v) is 16.3. The summed E-state index contributed by atoms with van der Waals surface area (Å²) in [5, 5.41) is 10.4. The molecule has 0 saturated heterocycles. The summed E-state index contributed by atoms with van der Waals surface area (Å²) in [5.74, 6) is 0.482. The standard InChI is InChI=1S/C20H21F3N6O/c1-28(18-4-2-3-17-27-16(12-29(17)18)20(21,22)23)15-7-5-14(6-8-15)26-19(30)13-9-10-24-25-11-13/h2-4,9-12,14-15H,5-8H2,1H3,(H,26,30). The summed E-state index contributed by atoms with van der Waals surface area (Å²) in [4.78, 5) is 18.0.